The number of hydrogen-bond donors (Lipinski definition) is 2. The minimum absolute atomic E-state index is 0.0293. The van der Waals surface area contributed by atoms with E-state index in [1.165, 1.54) is 13.1 Å². The summed E-state index contributed by atoms with van der Waals surface area (Å²) in [7, 11) is 0. The molecule has 1 aromatic rings. The second kappa shape index (κ2) is 7.27. The van der Waals surface area contributed by atoms with Crippen LogP contribution in [0.2, 0.25) is 0 Å². The van der Waals surface area contributed by atoms with Gasteiger partial charge in [0, 0.05) is 31.7 Å². The first-order valence-corrected chi connectivity index (χ1v) is 5.69. The van der Waals surface area contributed by atoms with Crippen molar-refractivity contribution in [3.8, 4) is 5.75 Å². The lowest BCUT2D eigenvalue weighted by molar-refractivity contribution is -0.138. The lowest BCUT2D eigenvalue weighted by Gasteiger charge is -2.07. The Morgan fingerprint density at radius 3 is 2.68 bits per heavy atom. The highest BCUT2D eigenvalue weighted by molar-refractivity contribution is 5.87. The van der Waals surface area contributed by atoms with Gasteiger partial charge in [0.1, 0.15) is 11.8 Å². The van der Waals surface area contributed by atoms with E-state index >= 15 is 0 Å². The number of carboxylic acid groups (broad SMARTS) is 1. The zero-order valence-electron chi connectivity index (χ0n) is 10.4. The van der Waals surface area contributed by atoms with Crippen LogP contribution < -0.4 is 4.74 Å². The summed E-state index contributed by atoms with van der Waals surface area (Å²) in [4.78, 5) is 25.7. The standard InChI is InChI=1S/C13H15NO5/c1-9(16)19-12-5-3-2-4-10(12)8-14-11(6-7-15)13(17)18/h2-5,8,11,15H,6-7H2,1H3,(H,17,18)/t11-/m0/s1. The summed E-state index contributed by atoms with van der Waals surface area (Å²) in [5.41, 5.74) is 0.502. The normalized spacial score (nSPS) is 12.3. The molecule has 0 spiro atoms. The Labute approximate surface area is 110 Å². The number of para-hydroxylation sites is 1. The first-order valence-electron chi connectivity index (χ1n) is 5.69. The Morgan fingerprint density at radius 1 is 1.42 bits per heavy atom. The maximum atomic E-state index is 10.9. The smallest absolute Gasteiger partial charge is 0.328 e. The predicted octanol–water partition coefficient (Wildman–Crippen LogP) is 0.866. The maximum Gasteiger partial charge on any atom is 0.328 e. The van der Waals surface area contributed by atoms with Crippen molar-refractivity contribution in [2.24, 2.45) is 4.99 Å². The molecule has 0 aliphatic carbocycles. The summed E-state index contributed by atoms with van der Waals surface area (Å²) in [5, 5.41) is 17.6. The molecule has 0 aromatic heterocycles. The quantitative estimate of drug-likeness (QED) is 0.452. The molecule has 0 bridgehead atoms. The highest BCUT2D eigenvalue weighted by Gasteiger charge is 2.14. The van der Waals surface area contributed by atoms with Crippen molar-refractivity contribution in [1.82, 2.24) is 0 Å². The van der Waals surface area contributed by atoms with Gasteiger partial charge in [0.05, 0.1) is 0 Å². The second-order valence-electron chi connectivity index (χ2n) is 3.78. The van der Waals surface area contributed by atoms with Crippen LogP contribution in [0.15, 0.2) is 29.3 Å². The van der Waals surface area contributed by atoms with E-state index in [1.54, 1.807) is 24.3 Å². The van der Waals surface area contributed by atoms with E-state index in [0.717, 1.165) is 0 Å². The highest BCUT2D eigenvalue weighted by Crippen LogP contribution is 2.16. The Kier molecular flexibility index (Phi) is 5.69. The lowest BCUT2D eigenvalue weighted by atomic mass is 10.2. The molecule has 2 N–H and O–H groups in total. The average molecular weight is 265 g/mol. The minimum Gasteiger partial charge on any atom is -0.480 e. The molecule has 1 rings (SSSR count). The molecule has 0 radical (unpaired) electrons. The summed E-state index contributed by atoms with van der Waals surface area (Å²) in [6, 6.07) is 5.63. The third kappa shape index (κ3) is 4.89. The molecule has 0 amide bonds. The van der Waals surface area contributed by atoms with Gasteiger partial charge < -0.3 is 14.9 Å². The molecular formula is C13H15NO5. The molecule has 0 saturated heterocycles. The molecule has 1 atom stereocenters. The zero-order chi connectivity index (χ0) is 14.3. The van der Waals surface area contributed by atoms with Crippen molar-refractivity contribution in [3.63, 3.8) is 0 Å². The molecule has 1 aromatic carbocycles. The summed E-state index contributed by atoms with van der Waals surface area (Å²) in [6.45, 7) is 1.01. The van der Waals surface area contributed by atoms with Crippen LogP contribution in [0.1, 0.15) is 18.9 Å². The third-order valence-electron chi connectivity index (χ3n) is 2.25. The first kappa shape index (κ1) is 14.8. The fourth-order valence-corrected chi connectivity index (χ4v) is 1.39. The van der Waals surface area contributed by atoms with Gasteiger partial charge in [0.15, 0.2) is 0 Å². The molecule has 6 nitrogen and oxygen atoms in total. The lowest BCUT2D eigenvalue weighted by Crippen LogP contribution is -2.19. The van der Waals surface area contributed by atoms with E-state index < -0.39 is 18.0 Å². The number of aliphatic imine (C=N–C) groups is 1. The van der Waals surface area contributed by atoms with Crippen LogP contribution in [0, 0.1) is 0 Å². The van der Waals surface area contributed by atoms with Gasteiger partial charge in [-0.1, -0.05) is 12.1 Å². The van der Waals surface area contributed by atoms with E-state index in [9.17, 15) is 9.59 Å². The van der Waals surface area contributed by atoms with Crippen molar-refractivity contribution in [1.29, 1.82) is 0 Å². The van der Waals surface area contributed by atoms with Crippen LogP contribution in [-0.4, -0.2) is 41.0 Å². The number of nitrogens with zero attached hydrogens (tertiary/aromatic N) is 1. The highest BCUT2D eigenvalue weighted by atomic mass is 16.5. The molecular weight excluding hydrogens is 250 g/mol. The number of carbonyl (C=O) groups is 2. The van der Waals surface area contributed by atoms with Crippen LogP contribution >= 0.6 is 0 Å². The van der Waals surface area contributed by atoms with Crippen LogP contribution in [-0.2, 0) is 9.59 Å². The van der Waals surface area contributed by atoms with Gasteiger partial charge in [0.25, 0.3) is 0 Å². The van der Waals surface area contributed by atoms with E-state index in [0.29, 0.717) is 11.3 Å². The summed E-state index contributed by atoms with van der Waals surface area (Å²) < 4.78 is 4.97. The molecule has 102 valence electrons. The van der Waals surface area contributed by atoms with Gasteiger partial charge in [-0.3, -0.25) is 9.79 Å². The van der Waals surface area contributed by atoms with Crippen LogP contribution in [0.5, 0.6) is 5.75 Å². The average Bonchev–Trinajstić information content (AvgIpc) is 2.35. The molecule has 6 heteroatoms. The zero-order valence-corrected chi connectivity index (χ0v) is 10.4. The largest absolute Gasteiger partial charge is 0.480 e. The molecule has 0 fully saturated rings. The van der Waals surface area contributed by atoms with Gasteiger partial charge in [0.2, 0.25) is 0 Å². The van der Waals surface area contributed by atoms with Crippen LogP contribution in [0.25, 0.3) is 0 Å². The molecule has 0 aliphatic heterocycles. The number of esters is 1. The van der Waals surface area contributed by atoms with E-state index in [-0.39, 0.29) is 13.0 Å². The Morgan fingerprint density at radius 2 is 2.11 bits per heavy atom. The monoisotopic (exact) mass is 265 g/mol. The number of benzene rings is 1. The maximum absolute atomic E-state index is 10.9. The molecule has 0 aliphatic rings. The van der Waals surface area contributed by atoms with E-state index in [1.807, 2.05) is 0 Å². The van der Waals surface area contributed by atoms with Crippen molar-refractivity contribution < 1.29 is 24.5 Å². The van der Waals surface area contributed by atoms with Crippen LogP contribution in [0.4, 0.5) is 0 Å². The fourth-order valence-electron chi connectivity index (χ4n) is 1.39. The molecule has 0 unspecified atom stereocenters. The number of rotatable bonds is 6. The predicted molar refractivity (Wildman–Crippen MR) is 68.5 cm³/mol. The molecule has 0 saturated carbocycles. The van der Waals surface area contributed by atoms with Crippen LogP contribution in [0.3, 0.4) is 0 Å². The van der Waals surface area contributed by atoms with Gasteiger partial charge in [-0.05, 0) is 12.1 Å². The number of aliphatic carboxylic acids is 1. The number of aliphatic hydroxyl groups is 1. The second-order valence-corrected chi connectivity index (χ2v) is 3.78. The van der Waals surface area contributed by atoms with E-state index in [2.05, 4.69) is 4.99 Å². The Hall–Kier alpha value is -2.21. The van der Waals surface area contributed by atoms with Gasteiger partial charge in [-0.2, -0.15) is 0 Å². The van der Waals surface area contributed by atoms with Gasteiger partial charge in [-0.15, -0.1) is 0 Å². The summed E-state index contributed by atoms with van der Waals surface area (Å²) in [6.07, 6.45) is 1.36. The first-order chi connectivity index (χ1) is 9.04. The summed E-state index contributed by atoms with van der Waals surface area (Å²) in [5.74, 6) is -1.27. The number of aliphatic hydroxyl groups excluding tert-OH is 1. The van der Waals surface area contributed by atoms with Gasteiger partial charge in [-0.25, -0.2) is 4.79 Å². The molecule has 19 heavy (non-hydrogen) atoms. The number of carboxylic acids is 1. The van der Waals surface area contributed by atoms with Crippen molar-refractivity contribution >= 4 is 18.2 Å². The van der Waals surface area contributed by atoms with Crippen molar-refractivity contribution in [3.05, 3.63) is 29.8 Å². The topological polar surface area (TPSA) is 96.2 Å². The Bertz CT molecular complexity index is 484. The van der Waals surface area contributed by atoms with Gasteiger partial charge >= 0.3 is 11.9 Å². The number of ether oxygens (including phenoxy) is 1. The third-order valence-corrected chi connectivity index (χ3v) is 2.25. The minimum atomic E-state index is -1.12. The number of hydrogen-bond acceptors (Lipinski definition) is 5. The summed E-state index contributed by atoms with van der Waals surface area (Å²) >= 11 is 0. The van der Waals surface area contributed by atoms with Crippen molar-refractivity contribution in [2.75, 3.05) is 6.61 Å². The van der Waals surface area contributed by atoms with Crippen molar-refractivity contribution in [2.45, 2.75) is 19.4 Å². The molecule has 0 heterocycles. The SMILES string of the molecule is CC(=O)Oc1ccccc1C=N[C@@H](CCO)C(=O)O. The van der Waals surface area contributed by atoms with E-state index in [4.69, 9.17) is 14.9 Å². The number of carbonyl (C=O) groups excluding carboxylic acids is 1. The Balaban J connectivity index is 2.91. The fraction of sp³-hybridized carbons (Fsp3) is 0.308.